The Balaban J connectivity index is 2.20. The average molecular weight is 291 g/mol. The Morgan fingerprint density at radius 2 is 1.90 bits per heavy atom. The van der Waals surface area contributed by atoms with Crippen LogP contribution in [0.5, 0.6) is 11.5 Å². The van der Waals surface area contributed by atoms with Gasteiger partial charge in [0, 0.05) is 18.5 Å². The molecule has 1 aromatic rings. The van der Waals surface area contributed by atoms with Gasteiger partial charge in [-0.15, -0.1) is 0 Å². The lowest BCUT2D eigenvalue weighted by Crippen LogP contribution is -2.40. The Hall–Kier alpha value is -2.04. The van der Waals surface area contributed by atoms with Gasteiger partial charge in [0.25, 0.3) is 5.91 Å². The Bertz CT molecular complexity index is 527. The molecule has 2 rings (SSSR count). The van der Waals surface area contributed by atoms with Crippen LogP contribution >= 0.6 is 0 Å². The number of carbonyl (C=O) groups is 2. The Morgan fingerprint density at radius 3 is 2.57 bits per heavy atom. The van der Waals surface area contributed by atoms with E-state index in [1.807, 2.05) is 13.8 Å². The second-order valence-corrected chi connectivity index (χ2v) is 4.90. The highest BCUT2D eigenvalue weighted by atomic mass is 16.5. The normalized spacial score (nSPS) is 15.0. The van der Waals surface area contributed by atoms with Gasteiger partial charge in [0.1, 0.15) is 0 Å². The first-order chi connectivity index (χ1) is 10.2. The van der Waals surface area contributed by atoms with Crippen LogP contribution in [0.1, 0.15) is 37.0 Å². The number of ether oxygens (including phenoxy) is 2. The molecule has 0 atom stereocenters. The summed E-state index contributed by atoms with van der Waals surface area (Å²) in [5.74, 6) is 1.18. The lowest BCUT2D eigenvalue weighted by atomic mass is 10.1. The zero-order valence-corrected chi connectivity index (χ0v) is 12.6. The van der Waals surface area contributed by atoms with Crippen LogP contribution < -0.4 is 9.47 Å². The molecule has 5 heteroatoms. The van der Waals surface area contributed by atoms with Crippen molar-refractivity contribution in [2.45, 2.75) is 26.7 Å². The number of Topliss-reactive ketones (excluding diaryl/α,β-unsaturated/α-hetero) is 1. The van der Waals surface area contributed by atoms with Crippen LogP contribution in [0.15, 0.2) is 18.2 Å². The quantitative estimate of drug-likeness (QED) is 0.835. The molecule has 1 amide bonds. The number of piperidine rings is 1. The van der Waals surface area contributed by atoms with E-state index in [1.54, 1.807) is 23.1 Å². The molecule has 0 aromatic heterocycles. The molecule has 0 aliphatic carbocycles. The number of ketones is 1. The maximum atomic E-state index is 12.4. The first-order valence-electron chi connectivity index (χ1n) is 7.36. The Morgan fingerprint density at radius 1 is 1.19 bits per heavy atom. The average Bonchev–Trinajstić information content (AvgIpc) is 2.49. The van der Waals surface area contributed by atoms with Crippen molar-refractivity contribution in [1.82, 2.24) is 4.90 Å². The van der Waals surface area contributed by atoms with E-state index in [0.29, 0.717) is 43.2 Å². The van der Waals surface area contributed by atoms with E-state index in [9.17, 15) is 9.59 Å². The van der Waals surface area contributed by atoms with Crippen molar-refractivity contribution in [3.05, 3.63) is 23.8 Å². The smallest absolute Gasteiger partial charge is 0.254 e. The largest absolute Gasteiger partial charge is 0.490 e. The third-order valence-electron chi connectivity index (χ3n) is 3.33. The maximum absolute atomic E-state index is 12.4. The van der Waals surface area contributed by atoms with Gasteiger partial charge in [-0.05, 0) is 38.5 Å². The predicted octanol–water partition coefficient (Wildman–Crippen LogP) is 2.29. The molecule has 1 aromatic carbocycles. The topological polar surface area (TPSA) is 55.8 Å². The third-order valence-corrected chi connectivity index (χ3v) is 3.33. The van der Waals surface area contributed by atoms with Gasteiger partial charge < -0.3 is 14.4 Å². The zero-order chi connectivity index (χ0) is 15.2. The van der Waals surface area contributed by atoms with E-state index < -0.39 is 0 Å². The van der Waals surface area contributed by atoms with Crippen LogP contribution in [0.2, 0.25) is 0 Å². The molecule has 0 N–H and O–H groups in total. The third kappa shape index (κ3) is 3.74. The zero-order valence-electron chi connectivity index (χ0n) is 12.6. The molecular weight excluding hydrogens is 270 g/mol. The summed E-state index contributed by atoms with van der Waals surface area (Å²) in [5, 5.41) is 0. The molecular formula is C16H21NO4. The molecule has 114 valence electrons. The van der Waals surface area contributed by atoms with Crippen molar-refractivity contribution < 1.29 is 19.1 Å². The summed E-state index contributed by atoms with van der Waals surface area (Å²) in [5.41, 5.74) is 0.525. The van der Waals surface area contributed by atoms with Crippen molar-refractivity contribution in [1.29, 1.82) is 0 Å². The van der Waals surface area contributed by atoms with Gasteiger partial charge in [-0.1, -0.05) is 0 Å². The number of hydrogen-bond donors (Lipinski definition) is 0. The van der Waals surface area contributed by atoms with Crippen molar-refractivity contribution >= 4 is 11.7 Å². The number of carbonyl (C=O) groups excluding carboxylic acids is 2. The summed E-state index contributed by atoms with van der Waals surface area (Å²) in [6.45, 7) is 5.65. The summed E-state index contributed by atoms with van der Waals surface area (Å²) in [7, 11) is 0. The van der Waals surface area contributed by atoms with Crippen LogP contribution in [0.4, 0.5) is 0 Å². The van der Waals surface area contributed by atoms with Gasteiger partial charge in [0.2, 0.25) is 0 Å². The van der Waals surface area contributed by atoms with Gasteiger partial charge >= 0.3 is 0 Å². The van der Waals surface area contributed by atoms with Gasteiger partial charge in [-0.2, -0.15) is 0 Å². The molecule has 0 bridgehead atoms. The highest BCUT2D eigenvalue weighted by Gasteiger charge is 2.23. The number of benzene rings is 1. The van der Waals surface area contributed by atoms with Crippen LogP contribution in [-0.4, -0.2) is 42.9 Å². The van der Waals surface area contributed by atoms with Crippen molar-refractivity contribution in [2.75, 3.05) is 26.3 Å². The van der Waals surface area contributed by atoms with E-state index in [-0.39, 0.29) is 18.2 Å². The van der Waals surface area contributed by atoms with Crippen LogP contribution in [0, 0.1) is 0 Å². The summed E-state index contributed by atoms with van der Waals surface area (Å²) >= 11 is 0. The lowest BCUT2D eigenvalue weighted by Gasteiger charge is -2.26. The van der Waals surface area contributed by atoms with Gasteiger partial charge in [0.15, 0.2) is 17.3 Å². The summed E-state index contributed by atoms with van der Waals surface area (Å²) in [6.07, 6.45) is 1.30. The molecule has 5 nitrogen and oxygen atoms in total. The van der Waals surface area contributed by atoms with Gasteiger partial charge in [-0.25, -0.2) is 0 Å². The molecule has 0 unspecified atom stereocenters. The van der Waals surface area contributed by atoms with Crippen molar-refractivity contribution in [3.63, 3.8) is 0 Å². The Labute approximate surface area is 124 Å². The van der Waals surface area contributed by atoms with Crippen molar-refractivity contribution in [3.8, 4) is 11.5 Å². The van der Waals surface area contributed by atoms with Crippen molar-refractivity contribution in [2.24, 2.45) is 0 Å². The highest BCUT2D eigenvalue weighted by molar-refractivity contribution is 5.97. The molecule has 1 heterocycles. The van der Waals surface area contributed by atoms with Gasteiger partial charge in [-0.3, -0.25) is 9.59 Å². The number of rotatable bonds is 5. The molecule has 1 aliphatic rings. The fourth-order valence-electron chi connectivity index (χ4n) is 2.38. The molecule has 0 radical (unpaired) electrons. The van der Waals surface area contributed by atoms with Gasteiger partial charge in [0.05, 0.1) is 19.8 Å². The minimum atomic E-state index is -0.132. The summed E-state index contributed by atoms with van der Waals surface area (Å²) < 4.78 is 11.0. The van der Waals surface area contributed by atoms with Crippen LogP contribution in [0.3, 0.4) is 0 Å². The highest BCUT2D eigenvalue weighted by Crippen LogP contribution is 2.29. The number of nitrogens with zero attached hydrogens (tertiary/aromatic N) is 1. The Kier molecular flexibility index (Phi) is 5.20. The molecule has 1 fully saturated rings. The SMILES string of the molecule is CCOc1ccc(C(=O)N2CCCC(=O)C2)cc1OCC. The first kappa shape index (κ1) is 15.4. The van der Waals surface area contributed by atoms with Crippen LogP contribution in [0.25, 0.3) is 0 Å². The molecule has 0 saturated carbocycles. The van der Waals surface area contributed by atoms with E-state index in [0.717, 1.165) is 6.42 Å². The summed E-state index contributed by atoms with van der Waals surface area (Å²) in [6, 6.07) is 5.15. The lowest BCUT2D eigenvalue weighted by molar-refractivity contribution is -0.121. The maximum Gasteiger partial charge on any atom is 0.254 e. The molecule has 21 heavy (non-hydrogen) atoms. The minimum absolute atomic E-state index is 0.116. The summed E-state index contributed by atoms with van der Waals surface area (Å²) in [4.78, 5) is 25.5. The standard InChI is InChI=1S/C16H21NO4/c1-3-20-14-8-7-12(10-15(14)21-4-2)16(19)17-9-5-6-13(18)11-17/h7-8,10H,3-6,9,11H2,1-2H3. The monoisotopic (exact) mass is 291 g/mol. The number of amides is 1. The van der Waals surface area contributed by atoms with E-state index in [1.165, 1.54) is 0 Å². The fourth-order valence-corrected chi connectivity index (χ4v) is 2.38. The number of likely N-dealkylation sites (tertiary alicyclic amines) is 1. The molecule has 1 saturated heterocycles. The van der Waals surface area contributed by atoms with E-state index in [2.05, 4.69) is 0 Å². The van der Waals surface area contributed by atoms with Crippen LogP contribution in [-0.2, 0) is 4.79 Å². The number of hydrogen-bond acceptors (Lipinski definition) is 4. The first-order valence-corrected chi connectivity index (χ1v) is 7.36. The minimum Gasteiger partial charge on any atom is -0.490 e. The predicted molar refractivity (Wildman–Crippen MR) is 78.9 cm³/mol. The van der Waals surface area contributed by atoms with E-state index >= 15 is 0 Å². The second-order valence-electron chi connectivity index (χ2n) is 4.90. The fraction of sp³-hybridized carbons (Fsp3) is 0.500. The molecule has 1 aliphatic heterocycles. The molecule has 0 spiro atoms. The second kappa shape index (κ2) is 7.11. The van der Waals surface area contributed by atoms with E-state index in [4.69, 9.17) is 9.47 Å².